The molecule has 1 aromatic heterocycles. The Bertz CT molecular complexity index is 1300. The number of fused-ring (bicyclic) bond motifs is 1. The summed E-state index contributed by atoms with van der Waals surface area (Å²) in [5.74, 6) is -0.101. The highest BCUT2D eigenvalue weighted by Gasteiger charge is 2.31. The summed E-state index contributed by atoms with van der Waals surface area (Å²) in [5.41, 5.74) is 2.24. The molecule has 0 unspecified atom stereocenters. The minimum absolute atomic E-state index is 0.101. The van der Waals surface area contributed by atoms with E-state index in [0.717, 1.165) is 17.0 Å². The van der Waals surface area contributed by atoms with Crippen molar-refractivity contribution in [1.82, 2.24) is 13.8 Å². The van der Waals surface area contributed by atoms with E-state index in [0.29, 0.717) is 28.9 Å². The summed E-state index contributed by atoms with van der Waals surface area (Å²) in [6.07, 6.45) is 0. The van der Waals surface area contributed by atoms with E-state index < -0.39 is 10.0 Å². The van der Waals surface area contributed by atoms with Crippen molar-refractivity contribution in [2.75, 3.05) is 45.2 Å². The van der Waals surface area contributed by atoms with Crippen LogP contribution in [0.5, 0.6) is 0 Å². The van der Waals surface area contributed by atoms with Gasteiger partial charge in [-0.2, -0.15) is 4.31 Å². The van der Waals surface area contributed by atoms with E-state index in [1.807, 2.05) is 37.2 Å². The molecule has 3 aromatic rings. The van der Waals surface area contributed by atoms with Crippen LogP contribution >= 0.6 is 11.3 Å². The van der Waals surface area contributed by atoms with Gasteiger partial charge in [0.05, 0.1) is 15.1 Å². The molecule has 1 aliphatic heterocycles. The number of carbonyl (C=O) groups excluding carboxylic acids is 1. The number of rotatable bonds is 4. The Hall–Kier alpha value is -2.69. The zero-order valence-electron chi connectivity index (χ0n) is 17.6. The maximum Gasteiger partial charge on any atom is 0.307 e. The van der Waals surface area contributed by atoms with E-state index in [1.165, 1.54) is 14.9 Å². The Morgan fingerprint density at radius 1 is 1.03 bits per heavy atom. The van der Waals surface area contributed by atoms with Crippen molar-refractivity contribution in [3.63, 3.8) is 0 Å². The lowest BCUT2D eigenvalue weighted by Gasteiger charge is -2.34. The Morgan fingerprint density at radius 2 is 1.74 bits per heavy atom. The number of anilines is 1. The van der Waals surface area contributed by atoms with E-state index in [2.05, 4.69) is 0 Å². The standard InChI is InChI=1S/C21H24N4O4S2/c1-22(2)16-6-4-5-15(13-16)20(26)24-9-11-25(12-10-24)31(28,29)17-7-8-18-19(14-17)30-21(27)23(18)3/h4-8,13-14H,9-12H2,1-3H3. The van der Waals surface area contributed by atoms with Gasteiger partial charge in [0.2, 0.25) is 10.0 Å². The molecule has 0 spiro atoms. The number of hydrogen-bond donors (Lipinski definition) is 0. The molecule has 0 aliphatic carbocycles. The monoisotopic (exact) mass is 460 g/mol. The second-order valence-corrected chi connectivity index (χ2v) is 10.6. The van der Waals surface area contributed by atoms with Crippen LogP contribution < -0.4 is 9.77 Å². The lowest BCUT2D eigenvalue weighted by atomic mass is 10.1. The van der Waals surface area contributed by atoms with Gasteiger partial charge in [0, 0.05) is 58.6 Å². The first-order valence-electron chi connectivity index (χ1n) is 9.85. The molecule has 1 fully saturated rings. The van der Waals surface area contributed by atoms with Gasteiger partial charge in [-0.1, -0.05) is 17.4 Å². The Morgan fingerprint density at radius 3 is 2.42 bits per heavy atom. The van der Waals surface area contributed by atoms with E-state index in [9.17, 15) is 18.0 Å². The van der Waals surface area contributed by atoms with Crippen LogP contribution in [0.3, 0.4) is 0 Å². The van der Waals surface area contributed by atoms with E-state index >= 15 is 0 Å². The number of sulfonamides is 1. The van der Waals surface area contributed by atoms with Gasteiger partial charge >= 0.3 is 4.87 Å². The number of thiazole rings is 1. The summed E-state index contributed by atoms with van der Waals surface area (Å²) >= 11 is 1.03. The van der Waals surface area contributed by atoms with Gasteiger partial charge in [-0.25, -0.2) is 8.42 Å². The predicted molar refractivity (Wildman–Crippen MR) is 122 cm³/mol. The van der Waals surface area contributed by atoms with Crippen molar-refractivity contribution in [1.29, 1.82) is 0 Å². The third kappa shape index (κ3) is 3.98. The summed E-state index contributed by atoms with van der Waals surface area (Å²) < 4.78 is 29.8. The lowest BCUT2D eigenvalue weighted by molar-refractivity contribution is 0.0698. The van der Waals surface area contributed by atoms with Crippen LogP contribution in [0.25, 0.3) is 10.2 Å². The first-order chi connectivity index (χ1) is 14.7. The highest BCUT2D eigenvalue weighted by molar-refractivity contribution is 7.89. The Balaban J connectivity index is 1.49. The van der Waals surface area contributed by atoms with Crippen LogP contribution in [0.1, 0.15) is 10.4 Å². The van der Waals surface area contributed by atoms with Crippen molar-refractivity contribution in [2.45, 2.75) is 4.90 Å². The first-order valence-corrected chi connectivity index (χ1v) is 12.1. The van der Waals surface area contributed by atoms with Gasteiger partial charge < -0.3 is 14.4 Å². The van der Waals surface area contributed by atoms with Gasteiger partial charge in [-0.15, -0.1) is 0 Å². The number of nitrogens with zero attached hydrogens (tertiary/aromatic N) is 4. The molecule has 1 saturated heterocycles. The molecule has 0 saturated carbocycles. The van der Waals surface area contributed by atoms with Crippen LogP contribution in [0, 0.1) is 0 Å². The molecule has 4 rings (SSSR count). The fraction of sp³-hybridized carbons (Fsp3) is 0.333. The average molecular weight is 461 g/mol. The van der Waals surface area contributed by atoms with Crippen LogP contribution in [0.2, 0.25) is 0 Å². The third-order valence-corrected chi connectivity index (χ3v) is 8.43. The maximum atomic E-state index is 13.1. The maximum absolute atomic E-state index is 13.1. The molecule has 2 aromatic carbocycles. The van der Waals surface area contributed by atoms with Gasteiger partial charge in [-0.3, -0.25) is 9.59 Å². The lowest BCUT2D eigenvalue weighted by Crippen LogP contribution is -2.50. The van der Waals surface area contributed by atoms with Crippen molar-refractivity contribution in [3.8, 4) is 0 Å². The van der Waals surface area contributed by atoms with Crippen LogP contribution in [0.4, 0.5) is 5.69 Å². The van der Waals surface area contributed by atoms with Crippen LogP contribution in [0.15, 0.2) is 52.2 Å². The number of hydrogen-bond acceptors (Lipinski definition) is 6. The molecule has 8 nitrogen and oxygen atoms in total. The van der Waals surface area contributed by atoms with Gasteiger partial charge in [0.15, 0.2) is 0 Å². The molecule has 164 valence electrons. The van der Waals surface area contributed by atoms with E-state index in [-0.39, 0.29) is 28.8 Å². The smallest absolute Gasteiger partial charge is 0.307 e. The normalized spacial score (nSPS) is 15.4. The minimum atomic E-state index is -3.70. The number of amides is 1. The minimum Gasteiger partial charge on any atom is -0.378 e. The molecule has 10 heteroatoms. The predicted octanol–water partition coefficient (Wildman–Crippen LogP) is 1.81. The number of piperazine rings is 1. The highest BCUT2D eigenvalue weighted by Crippen LogP contribution is 2.25. The molecule has 31 heavy (non-hydrogen) atoms. The molecule has 0 atom stereocenters. The Labute approximate surface area is 185 Å². The molecular weight excluding hydrogens is 436 g/mol. The third-order valence-electron chi connectivity index (χ3n) is 5.54. The fourth-order valence-corrected chi connectivity index (χ4v) is 6.10. The number of benzene rings is 2. The fourth-order valence-electron chi connectivity index (χ4n) is 3.65. The second kappa shape index (κ2) is 8.10. The zero-order valence-corrected chi connectivity index (χ0v) is 19.2. The Kier molecular flexibility index (Phi) is 5.63. The molecule has 2 heterocycles. The molecular formula is C21H24N4O4S2. The van der Waals surface area contributed by atoms with Gasteiger partial charge in [-0.05, 0) is 36.4 Å². The second-order valence-electron chi connectivity index (χ2n) is 7.70. The summed E-state index contributed by atoms with van der Waals surface area (Å²) in [6, 6.07) is 12.1. The van der Waals surface area contributed by atoms with Crippen molar-refractivity contribution in [2.24, 2.45) is 7.05 Å². The van der Waals surface area contributed by atoms with Crippen molar-refractivity contribution < 1.29 is 13.2 Å². The molecule has 0 N–H and O–H groups in total. The van der Waals surface area contributed by atoms with Crippen molar-refractivity contribution >= 4 is 43.2 Å². The number of carbonyl (C=O) groups is 1. The largest absolute Gasteiger partial charge is 0.378 e. The van der Waals surface area contributed by atoms with Crippen LogP contribution in [-0.4, -0.2) is 68.4 Å². The van der Waals surface area contributed by atoms with Crippen LogP contribution in [-0.2, 0) is 17.1 Å². The van der Waals surface area contributed by atoms with Crippen molar-refractivity contribution in [3.05, 3.63) is 57.7 Å². The quantitative estimate of drug-likeness (QED) is 0.593. The zero-order chi connectivity index (χ0) is 22.3. The van der Waals surface area contributed by atoms with E-state index in [4.69, 9.17) is 0 Å². The number of aromatic nitrogens is 1. The topological polar surface area (TPSA) is 82.9 Å². The SMILES string of the molecule is CN(C)c1cccc(C(=O)N2CCN(S(=O)(=O)c3ccc4c(c3)sc(=O)n4C)CC2)c1. The number of aryl methyl sites for hydroxylation is 1. The summed E-state index contributed by atoms with van der Waals surface area (Å²) in [4.78, 5) is 28.4. The van der Waals surface area contributed by atoms with E-state index in [1.54, 1.807) is 30.1 Å². The van der Waals surface area contributed by atoms with Gasteiger partial charge in [0.1, 0.15) is 0 Å². The highest BCUT2D eigenvalue weighted by atomic mass is 32.2. The summed E-state index contributed by atoms with van der Waals surface area (Å²) in [6.45, 7) is 1.10. The molecule has 0 bridgehead atoms. The summed E-state index contributed by atoms with van der Waals surface area (Å²) in [7, 11) is 1.79. The average Bonchev–Trinajstić information content (AvgIpc) is 3.06. The molecule has 1 amide bonds. The van der Waals surface area contributed by atoms with Gasteiger partial charge in [0.25, 0.3) is 5.91 Å². The molecule has 1 aliphatic rings. The molecule has 0 radical (unpaired) electrons. The first kappa shape index (κ1) is 21.5. The summed E-state index contributed by atoms with van der Waals surface area (Å²) in [5, 5.41) is 0.